The molecule has 0 spiro atoms. The van der Waals surface area contributed by atoms with Crippen LogP contribution in [0.15, 0.2) is 36.5 Å². The van der Waals surface area contributed by atoms with Gasteiger partial charge in [0.2, 0.25) is 11.8 Å². The van der Waals surface area contributed by atoms with Gasteiger partial charge in [-0.2, -0.15) is 0 Å². The van der Waals surface area contributed by atoms with Gasteiger partial charge in [0.25, 0.3) is 5.91 Å². The van der Waals surface area contributed by atoms with Crippen molar-refractivity contribution in [3.05, 3.63) is 53.2 Å². The minimum Gasteiger partial charge on any atom is -0.396 e. The predicted molar refractivity (Wildman–Crippen MR) is 140 cm³/mol. The molecule has 2 N–H and O–H groups in total. The maximum absolute atomic E-state index is 13.2. The second kappa shape index (κ2) is 9.03. The van der Waals surface area contributed by atoms with Gasteiger partial charge in [0.05, 0.1) is 5.69 Å². The van der Waals surface area contributed by atoms with Gasteiger partial charge in [-0.25, -0.2) is 4.98 Å². The van der Waals surface area contributed by atoms with E-state index >= 15 is 0 Å². The van der Waals surface area contributed by atoms with E-state index in [0.29, 0.717) is 30.5 Å². The van der Waals surface area contributed by atoms with E-state index in [1.807, 2.05) is 18.2 Å². The highest BCUT2D eigenvalue weighted by Crippen LogP contribution is 2.39. The Kier molecular flexibility index (Phi) is 5.59. The average molecular weight is 514 g/mol. The van der Waals surface area contributed by atoms with Crippen molar-refractivity contribution < 1.29 is 19.5 Å². The molecule has 7 rings (SSSR count). The van der Waals surface area contributed by atoms with E-state index in [-0.39, 0.29) is 24.8 Å². The van der Waals surface area contributed by atoms with Gasteiger partial charge >= 0.3 is 0 Å². The van der Waals surface area contributed by atoms with Crippen molar-refractivity contribution in [2.75, 3.05) is 19.7 Å². The predicted octanol–water partition coefficient (Wildman–Crippen LogP) is 2.61. The van der Waals surface area contributed by atoms with Crippen LogP contribution in [0.3, 0.4) is 0 Å². The Morgan fingerprint density at radius 2 is 1.92 bits per heavy atom. The van der Waals surface area contributed by atoms with Crippen LogP contribution in [-0.2, 0) is 22.7 Å². The lowest BCUT2D eigenvalue weighted by molar-refractivity contribution is -0.136. The Labute approximate surface area is 220 Å². The fourth-order valence-electron chi connectivity index (χ4n) is 6.30. The third-order valence-electron chi connectivity index (χ3n) is 8.55. The number of nitrogens with one attached hydrogen (secondary N) is 1. The summed E-state index contributed by atoms with van der Waals surface area (Å²) < 4.78 is 2.30. The Bertz CT molecular complexity index is 1480. The largest absolute Gasteiger partial charge is 0.396 e. The molecule has 1 aliphatic carbocycles. The number of imide groups is 1. The number of aliphatic hydroxyl groups is 1. The Hall–Kier alpha value is -3.56. The summed E-state index contributed by atoms with van der Waals surface area (Å²) in [5, 5.41) is 13.1. The van der Waals surface area contributed by atoms with Crippen LogP contribution < -0.4 is 5.32 Å². The van der Waals surface area contributed by atoms with E-state index in [1.165, 1.54) is 23.8 Å². The van der Waals surface area contributed by atoms with Crippen LogP contribution >= 0.6 is 0 Å². The number of aliphatic hydroxyl groups excluding tert-OH is 1. The zero-order valence-corrected chi connectivity index (χ0v) is 21.2. The van der Waals surface area contributed by atoms with Gasteiger partial charge in [0.1, 0.15) is 11.7 Å². The summed E-state index contributed by atoms with van der Waals surface area (Å²) in [6.45, 7) is 3.26. The van der Waals surface area contributed by atoms with E-state index in [2.05, 4.69) is 33.1 Å². The van der Waals surface area contributed by atoms with E-state index < -0.39 is 11.9 Å². The molecule has 1 saturated carbocycles. The number of amides is 3. The van der Waals surface area contributed by atoms with Crippen LogP contribution in [0.4, 0.5) is 0 Å². The van der Waals surface area contributed by atoms with E-state index in [0.717, 1.165) is 48.5 Å². The second-order valence-corrected chi connectivity index (χ2v) is 11.2. The number of carbonyl (C=O) groups is 3. The number of carbonyl (C=O) groups excluding carboxylic acids is 3. The standard InChI is InChI=1S/C29H31N5O4/c35-16-17-7-9-32(13-17)14-20-12-24(30-27-22(20)8-10-33(27)21-2-3-21)18-1-4-23-19(11-18)15-34(29(23)38)25-5-6-26(36)31-28(25)37/h1,4,8,10-12,17,21,25,35H,2-3,5-7,9,13-16H2,(H,31,36,37). The molecule has 2 saturated heterocycles. The number of piperidine rings is 1. The number of aromatic nitrogens is 2. The monoisotopic (exact) mass is 513 g/mol. The van der Waals surface area contributed by atoms with Crippen LogP contribution in [0.1, 0.15) is 59.6 Å². The summed E-state index contributed by atoms with van der Waals surface area (Å²) in [5.41, 5.74) is 5.53. The first-order valence-corrected chi connectivity index (χ1v) is 13.6. The number of pyridine rings is 1. The normalized spacial score (nSPS) is 23.9. The molecule has 0 radical (unpaired) electrons. The molecule has 4 aliphatic rings. The summed E-state index contributed by atoms with van der Waals surface area (Å²) in [6.07, 6.45) is 6.11. The molecule has 5 heterocycles. The Balaban J connectivity index is 1.22. The van der Waals surface area contributed by atoms with Crippen molar-refractivity contribution >= 4 is 28.8 Å². The number of hydrogen-bond donors (Lipinski definition) is 2. The number of fused-ring (bicyclic) bond motifs is 2. The SMILES string of the molecule is O=C1CCC(N2Cc3cc(-c4cc(CN5CCC(CO)C5)c5ccn(C6CC6)c5n4)ccc3C2=O)C(=O)N1. The van der Waals surface area contributed by atoms with Crippen molar-refractivity contribution in [3.63, 3.8) is 0 Å². The third-order valence-corrected chi connectivity index (χ3v) is 8.55. The molecule has 9 nitrogen and oxygen atoms in total. The van der Waals surface area contributed by atoms with Crippen LogP contribution in [0.5, 0.6) is 0 Å². The number of benzene rings is 1. The highest BCUT2D eigenvalue weighted by Gasteiger charge is 2.39. The number of rotatable bonds is 6. The molecule has 196 valence electrons. The molecule has 3 aliphatic heterocycles. The average Bonchev–Trinajstić information content (AvgIpc) is 3.35. The van der Waals surface area contributed by atoms with Crippen molar-refractivity contribution in [2.24, 2.45) is 5.92 Å². The van der Waals surface area contributed by atoms with Crippen LogP contribution in [0.25, 0.3) is 22.3 Å². The van der Waals surface area contributed by atoms with Gasteiger partial charge in [-0.15, -0.1) is 0 Å². The minimum absolute atomic E-state index is 0.166. The van der Waals surface area contributed by atoms with E-state index in [4.69, 9.17) is 4.98 Å². The quantitative estimate of drug-likeness (QED) is 0.491. The highest BCUT2D eigenvalue weighted by molar-refractivity contribution is 6.05. The number of likely N-dealkylation sites (tertiary alicyclic amines) is 1. The number of hydrogen-bond acceptors (Lipinski definition) is 6. The zero-order chi connectivity index (χ0) is 26.0. The highest BCUT2D eigenvalue weighted by atomic mass is 16.3. The molecular formula is C29H31N5O4. The van der Waals surface area contributed by atoms with Crippen LogP contribution in [-0.4, -0.2) is 67.9 Å². The van der Waals surface area contributed by atoms with Gasteiger partial charge in [0, 0.05) is 61.4 Å². The molecule has 3 amide bonds. The first-order valence-electron chi connectivity index (χ1n) is 13.6. The molecule has 1 aromatic carbocycles. The maximum atomic E-state index is 13.2. The van der Waals surface area contributed by atoms with Crippen molar-refractivity contribution in [1.82, 2.24) is 24.7 Å². The molecule has 2 aromatic heterocycles. The smallest absolute Gasteiger partial charge is 0.255 e. The van der Waals surface area contributed by atoms with E-state index in [1.54, 1.807) is 4.90 Å². The molecule has 3 aromatic rings. The zero-order valence-electron chi connectivity index (χ0n) is 21.2. The molecule has 2 atom stereocenters. The second-order valence-electron chi connectivity index (χ2n) is 11.2. The summed E-state index contributed by atoms with van der Waals surface area (Å²) in [7, 11) is 0. The lowest BCUT2D eigenvalue weighted by Crippen LogP contribution is -2.52. The van der Waals surface area contributed by atoms with Gasteiger partial charge in [-0.1, -0.05) is 6.07 Å². The van der Waals surface area contributed by atoms with Crippen LogP contribution in [0, 0.1) is 5.92 Å². The van der Waals surface area contributed by atoms with Gasteiger partial charge in [0.15, 0.2) is 0 Å². The molecule has 0 bridgehead atoms. The lowest BCUT2D eigenvalue weighted by Gasteiger charge is -2.29. The van der Waals surface area contributed by atoms with Gasteiger partial charge < -0.3 is 14.6 Å². The molecular weight excluding hydrogens is 482 g/mol. The third kappa shape index (κ3) is 4.01. The Morgan fingerprint density at radius 3 is 2.68 bits per heavy atom. The summed E-state index contributed by atoms with van der Waals surface area (Å²) in [6, 6.07) is 10.1. The molecule has 3 fully saturated rings. The fraction of sp³-hybridized carbons (Fsp3) is 0.448. The van der Waals surface area contributed by atoms with E-state index in [9.17, 15) is 19.5 Å². The Morgan fingerprint density at radius 1 is 1.05 bits per heavy atom. The fourth-order valence-corrected chi connectivity index (χ4v) is 6.30. The van der Waals surface area contributed by atoms with Crippen molar-refractivity contribution in [2.45, 2.75) is 57.3 Å². The number of nitrogens with zero attached hydrogens (tertiary/aromatic N) is 4. The van der Waals surface area contributed by atoms with Gasteiger partial charge in [-0.05, 0) is 73.5 Å². The molecule has 38 heavy (non-hydrogen) atoms. The minimum atomic E-state index is -0.623. The lowest BCUT2D eigenvalue weighted by atomic mass is 10.0. The summed E-state index contributed by atoms with van der Waals surface area (Å²) in [5.74, 6) is -0.512. The van der Waals surface area contributed by atoms with Crippen LogP contribution in [0.2, 0.25) is 0 Å². The topological polar surface area (TPSA) is 108 Å². The van der Waals surface area contributed by atoms with Gasteiger partial charge in [-0.3, -0.25) is 24.6 Å². The summed E-state index contributed by atoms with van der Waals surface area (Å²) in [4.78, 5) is 46.3. The molecule has 2 unspecified atom stereocenters. The first-order chi connectivity index (χ1) is 18.5. The first kappa shape index (κ1) is 23.5. The summed E-state index contributed by atoms with van der Waals surface area (Å²) >= 11 is 0. The van der Waals surface area contributed by atoms with Crippen molar-refractivity contribution in [3.8, 4) is 11.3 Å². The van der Waals surface area contributed by atoms with Crippen molar-refractivity contribution in [1.29, 1.82) is 0 Å². The maximum Gasteiger partial charge on any atom is 0.255 e. The molecule has 9 heteroatoms.